The standard InChI is InChI=1S/C72H82N18O19S5/c1-15-38-64-83-45(23-110-64)61(102)89-53(71(13,107)35(12)93)67-85-44(24-113-67)59(100)88-49-34(11)109-69(106)41-20-37(32(9)91)36-16-17-39(51(94)50(36)79-41)78-47(26(2)3)62(103)76-29(6)55(96)73-27(4)54(95)74-30(7)57(98)90-72(70-86-46(25-114-70)60(101)87-48(33(10)92)63(104)81-38)19-18-40(80-52(72)42-21-112-66(49)82-42)65-84-43(22-111-65)58(99)75-28(5)56(97)77-31(8)68(105)108-14/h15-17,20-22,24-26,30,32-35,39,45,47-49,51-53,78,91-94,107H,4-6,8,18-19,23H2,1-3,7,9-14H3,(H,73,96)(H,74,95)(H,75,99)(H,76,103)(H,77,97)(H,81,104)(H,87,101)(H,88,100)(H,89,102)(H,90,98)/b38-15-/t30-,32+,33+,34-,35+,39-,45+,47?,48?,49?,51+,52-,53-,71?,72?/m1/s1. The molecule has 16 N–H and O–H groups in total. The Bertz CT molecular complexity index is 4940. The summed E-state index contributed by atoms with van der Waals surface area (Å²) in [5, 5.41) is 91.6. The number of aliphatic hydroxyl groups excluding tert-OH is 4. The minimum Gasteiger partial charge on any atom is -0.464 e. The highest BCUT2D eigenvalue weighted by Gasteiger charge is 2.51. The number of rotatable bonds is 11. The molecule has 5 aromatic heterocycles. The summed E-state index contributed by atoms with van der Waals surface area (Å²) in [7, 11) is 1.06. The van der Waals surface area contributed by atoms with E-state index in [2.05, 4.69) is 109 Å². The van der Waals surface area contributed by atoms with Gasteiger partial charge < -0.3 is 88.2 Å². The van der Waals surface area contributed by atoms with Gasteiger partial charge in [0.15, 0.2) is 0 Å². The molecule has 1 aliphatic carbocycles. The summed E-state index contributed by atoms with van der Waals surface area (Å²) >= 11 is 4.40. The van der Waals surface area contributed by atoms with Crippen LogP contribution in [0.4, 0.5) is 0 Å². The summed E-state index contributed by atoms with van der Waals surface area (Å²) < 4.78 is 10.8. The molecule has 0 spiro atoms. The summed E-state index contributed by atoms with van der Waals surface area (Å²) in [6.07, 6.45) is -3.71. The van der Waals surface area contributed by atoms with Crippen molar-refractivity contribution in [2.24, 2.45) is 15.9 Å². The number of fused-ring (bicyclic) bond motifs is 7. The molecule has 10 amide bonds. The number of carbonyl (C=O) groups excluding carboxylic acids is 12. The third-order valence-electron chi connectivity index (χ3n) is 18.8. The second-order valence-corrected chi connectivity index (χ2v) is 32.0. The molecule has 5 aliphatic rings. The van der Waals surface area contributed by atoms with Gasteiger partial charge in [0.25, 0.3) is 35.4 Å². The van der Waals surface area contributed by atoms with Crippen LogP contribution in [0.25, 0.3) is 6.08 Å². The lowest BCUT2D eigenvalue weighted by Crippen LogP contribution is -2.57. The number of nitrogens with one attached hydrogen (secondary N) is 11. The summed E-state index contributed by atoms with van der Waals surface area (Å²) in [5.41, 5.74) is -7.73. The largest absolute Gasteiger partial charge is 0.464 e. The van der Waals surface area contributed by atoms with Gasteiger partial charge in [-0.15, -0.1) is 57.1 Å². The first-order valence-electron chi connectivity index (χ1n) is 35.1. The average Bonchev–Trinajstić information content (AvgIpc) is 1.49. The molecule has 10 rings (SSSR count). The topological polar surface area (TPSA) is 546 Å². The fraction of sp³-hybridized carbons (Fsp3) is 0.403. The number of allylic oxidation sites excluding steroid dienone is 1. The molecule has 604 valence electrons. The highest BCUT2D eigenvalue weighted by molar-refractivity contribution is 8.14. The molecule has 0 saturated carbocycles. The van der Waals surface area contributed by atoms with Crippen LogP contribution >= 0.6 is 57.1 Å². The fourth-order valence-electron chi connectivity index (χ4n) is 12.2. The van der Waals surface area contributed by atoms with Crippen molar-refractivity contribution in [3.05, 3.63) is 160 Å². The quantitative estimate of drug-likeness (QED) is 0.0652. The van der Waals surface area contributed by atoms with Crippen molar-refractivity contribution in [3.63, 3.8) is 0 Å². The number of methoxy groups -OCH3 is 1. The van der Waals surface area contributed by atoms with Crippen LogP contribution in [-0.2, 0) is 53.4 Å². The van der Waals surface area contributed by atoms with Crippen molar-refractivity contribution in [1.29, 1.82) is 0 Å². The number of thiazole rings is 4. The molecule has 5 unspecified atom stereocenters. The third kappa shape index (κ3) is 18.5. The molecule has 37 nitrogen and oxygen atoms in total. The van der Waals surface area contributed by atoms with Crippen LogP contribution in [0.15, 0.2) is 105 Å². The maximum Gasteiger partial charge on any atom is 0.357 e. The number of pyridine rings is 1. The monoisotopic (exact) mass is 1660 g/mol. The zero-order valence-electron chi connectivity index (χ0n) is 62.8. The maximum absolute atomic E-state index is 15.4. The van der Waals surface area contributed by atoms with Gasteiger partial charge in [-0.1, -0.05) is 58.4 Å². The predicted octanol–water partition coefficient (Wildman–Crippen LogP) is 1.20. The van der Waals surface area contributed by atoms with Gasteiger partial charge in [0, 0.05) is 32.8 Å². The van der Waals surface area contributed by atoms with E-state index >= 15 is 14.4 Å². The van der Waals surface area contributed by atoms with Crippen LogP contribution in [0.1, 0.15) is 190 Å². The van der Waals surface area contributed by atoms with Gasteiger partial charge in [-0.05, 0) is 78.9 Å². The summed E-state index contributed by atoms with van der Waals surface area (Å²) in [6, 6.07) is -10.4. The number of amides is 10. The first-order valence-corrected chi connectivity index (χ1v) is 39.6. The summed E-state index contributed by atoms with van der Waals surface area (Å²) in [5.74, 6) is -12.6. The minimum absolute atomic E-state index is 0.0184. The van der Waals surface area contributed by atoms with E-state index in [0.29, 0.717) is 0 Å². The Hall–Kier alpha value is -10.8. The van der Waals surface area contributed by atoms with Gasteiger partial charge in [-0.3, -0.25) is 63.2 Å². The molecular weight excluding hydrogens is 1580 g/mol. The summed E-state index contributed by atoms with van der Waals surface area (Å²) in [6.45, 7) is 27.0. The number of aromatic nitrogens is 5. The van der Waals surface area contributed by atoms with Gasteiger partial charge in [-0.2, -0.15) is 0 Å². The van der Waals surface area contributed by atoms with Crippen LogP contribution < -0.4 is 58.5 Å². The van der Waals surface area contributed by atoms with Crippen molar-refractivity contribution in [2.75, 3.05) is 12.9 Å². The lowest BCUT2D eigenvalue weighted by Gasteiger charge is -2.41. The molecule has 15 atom stereocenters. The van der Waals surface area contributed by atoms with E-state index < -0.39 is 201 Å². The number of aliphatic hydroxyl groups is 5. The van der Waals surface area contributed by atoms with Gasteiger partial charge in [0.1, 0.15) is 113 Å². The second kappa shape index (κ2) is 35.3. The molecule has 0 aromatic carbocycles. The highest BCUT2D eigenvalue weighted by atomic mass is 32.2. The van der Waals surface area contributed by atoms with Gasteiger partial charge in [0.2, 0.25) is 23.6 Å². The van der Waals surface area contributed by atoms with Crippen molar-refractivity contribution < 1.29 is 92.5 Å². The number of ether oxygens (including phenoxy) is 2. The second-order valence-electron chi connectivity index (χ2n) is 27.5. The van der Waals surface area contributed by atoms with E-state index in [0.717, 1.165) is 64.2 Å². The molecule has 0 radical (unpaired) electrons. The first-order chi connectivity index (χ1) is 53.7. The zero-order chi connectivity index (χ0) is 83.4. The molecule has 4 aliphatic heterocycles. The van der Waals surface area contributed by atoms with Crippen LogP contribution in [-0.4, -0.2) is 199 Å². The smallest absolute Gasteiger partial charge is 0.357 e. The average molecular weight is 1660 g/mol. The molecule has 9 heterocycles. The number of hydrogen-bond acceptors (Lipinski definition) is 32. The SMILES string of the molecule is C=C1NC(=O)C(C(C)C)N[C@@H]2C=Cc3c([C@H](C)O)cc(nc3[C@H]2O)C(=O)O[C@H](C)C2NC(=O)c3csc(n3)[C@H](C(C)(O)[C@H](C)O)NC(=O)[C@@H]3CSC(=N3)/C(=C/C)NC(=O)C([C@H](C)O)NC(=O)c3csc(n3)C3(CCC(c4nc(C(=O)NC(=C)C(=O)NC(=C)C(=O)OC)cs4)=N[C@@H]3c3csc2n3)NC(=O)[C@@H](C)NC(=O)C(=C)NC1=O. The number of esters is 2. The van der Waals surface area contributed by atoms with Crippen LogP contribution in [0.2, 0.25) is 0 Å². The Kier molecular flexibility index (Phi) is 26.5. The Labute approximate surface area is 670 Å². The van der Waals surface area contributed by atoms with Crippen LogP contribution in [0.3, 0.4) is 0 Å². The summed E-state index contributed by atoms with van der Waals surface area (Å²) in [4.78, 5) is 203. The fourth-order valence-corrected chi connectivity index (χ4v) is 17.0. The Morgan fingerprint density at radius 3 is 2.10 bits per heavy atom. The van der Waals surface area contributed by atoms with Crippen molar-refractivity contribution >= 4 is 145 Å². The maximum atomic E-state index is 15.4. The molecular formula is C72H82N18O19S5. The lowest BCUT2D eigenvalue weighted by molar-refractivity contribution is -0.137. The molecule has 42 heteroatoms. The normalized spacial score (nSPS) is 26.0. The van der Waals surface area contributed by atoms with E-state index in [1.165, 1.54) is 87.4 Å². The van der Waals surface area contributed by atoms with Crippen molar-refractivity contribution in [1.82, 2.24) is 83.4 Å². The zero-order valence-corrected chi connectivity index (χ0v) is 66.9. The van der Waals surface area contributed by atoms with E-state index in [1.807, 2.05) is 0 Å². The van der Waals surface area contributed by atoms with E-state index in [4.69, 9.17) is 19.7 Å². The van der Waals surface area contributed by atoms with E-state index in [1.54, 1.807) is 20.8 Å². The molecule has 5 aromatic rings. The third-order valence-corrected chi connectivity index (χ3v) is 23.7. The lowest BCUT2D eigenvalue weighted by atomic mass is 9.80. The van der Waals surface area contributed by atoms with E-state index in [-0.39, 0.29) is 89.0 Å². The minimum atomic E-state index is -2.21. The first kappa shape index (κ1) is 85.6. The highest BCUT2D eigenvalue weighted by Crippen LogP contribution is 2.48. The molecule has 13 bridgehead atoms. The van der Waals surface area contributed by atoms with Crippen molar-refractivity contribution in [3.8, 4) is 0 Å². The van der Waals surface area contributed by atoms with Crippen LogP contribution in [0, 0.1) is 5.92 Å². The molecule has 114 heavy (non-hydrogen) atoms. The Morgan fingerprint density at radius 2 is 1.42 bits per heavy atom. The van der Waals surface area contributed by atoms with Crippen molar-refractivity contribution in [2.45, 2.75) is 165 Å². The number of nitrogens with zero attached hydrogens (tertiary/aromatic N) is 7. The van der Waals surface area contributed by atoms with Gasteiger partial charge in [0.05, 0.1) is 77.4 Å². The Balaban J connectivity index is 1.17. The van der Waals surface area contributed by atoms with E-state index in [9.17, 15) is 68.7 Å². The van der Waals surface area contributed by atoms with Gasteiger partial charge in [-0.25, -0.2) is 34.5 Å². The number of hydrogen-bond donors (Lipinski definition) is 16. The van der Waals surface area contributed by atoms with Crippen LogP contribution in [0.5, 0.6) is 0 Å². The molecule has 0 saturated heterocycles. The van der Waals surface area contributed by atoms with Gasteiger partial charge >= 0.3 is 11.9 Å². The predicted molar refractivity (Wildman–Crippen MR) is 416 cm³/mol. The number of cyclic esters (lactones) is 1. The number of carbonyl (C=O) groups is 12. The number of thioether (sulfide) groups is 1. The molecule has 0 fully saturated rings. The Morgan fingerprint density at radius 1 is 0.746 bits per heavy atom. The number of aliphatic imine (C=N–C) groups is 2.